The van der Waals surface area contributed by atoms with E-state index in [0.29, 0.717) is 0 Å². The van der Waals surface area contributed by atoms with Crippen molar-refractivity contribution in [3.05, 3.63) is 30.3 Å². The van der Waals surface area contributed by atoms with Crippen LogP contribution in [0, 0.1) is 0 Å². The van der Waals surface area contributed by atoms with Crippen molar-refractivity contribution >= 4 is 0 Å². The highest BCUT2D eigenvalue weighted by atomic mass is 16.5. The molecular formula is C12H10O6. The van der Waals surface area contributed by atoms with Gasteiger partial charge in [0, 0.05) is 18.2 Å². The normalized spacial score (nSPS) is 10.2. The summed E-state index contributed by atoms with van der Waals surface area (Å²) in [4.78, 5) is 0. The van der Waals surface area contributed by atoms with Gasteiger partial charge in [0.15, 0.2) is 23.0 Å². The SMILES string of the molecule is Oc1ccc(Oc2cc(O)c(O)c(O)c2)cc1O. The van der Waals surface area contributed by atoms with Crippen LogP contribution in [0.4, 0.5) is 0 Å². The zero-order valence-corrected chi connectivity index (χ0v) is 9.03. The standard InChI is InChI=1S/C12H10O6/c13-8-2-1-6(3-9(8)14)18-7-4-10(15)12(17)11(16)5-7/h1-5,13-17H. The van der Waals surface area contributed by atoms with Gasteiger partial charge in [-0.1, -0.05) is 0 Å². The first-order valence-corrected chi connectivity index (χ1v) is 4.92. The summed E-state index contributed by atoms with van der Waals surface area (Å²) in [5.41, 5.74) is 0. The molecule has 0 aliphatic heterocycles. The second kappa shape index (κ2) is 4.25. The maximum atomic E-state index is 9.28. The van der Waals surface area contributed by atoms with E-state index in [1.54, 1.807) is 0 Å². The lowest BCUT2D eigenvalue weighted by molar-refractivity contribution is 0.361. The second-order valence-electron chi connectivity index (χ2n) is 3.56. The first kappa shape index (κ1) is 11.7. The second-order valence-corrected chi connectivity index (χ2v) is 3.56. The highest BCUT2D eigenvalue weighted by molar-refractivity contribution is 5.54. The van der Waals surface area contributed by atoms with Gasteiger partial charge in [0.25, 0.3) is 0 Å². The van der Waals surface area contributed by atoms with Crippen LogP contribution in [0.3, 0.4) is 0 Å². The van der Waals surface area contributed by atoms with Crippen LogP contribution in [0.15, 0.2) is 30.3 Å². The number of phenolic OH excluding ortho intramolecular Hbond substituents is 5. The molecule has 0 bridgehead atoms. The lowest BCUT2D eigenvalue weighted by Gasteiger charge is -2.08. The summed E-state index contributed by atoms with van der Waals surface area (Å²) in [6, 6.07) is 5.97. The van der Waals surface area contributed by atoms with E-state index >= 15 is 0 Å². The Kier molecular flexibility index (Phi) is 2.77. The first-order valence-electron chi connectivity index (χ1n) is 4.92. The van der Waals surface area contributed by atoms with Crippen molar-refractivity contribution in [2.45, 2.75) is 0 Å². The average molecular weight is 250 g/mol. The minimum atomic E-state index is -0.643. The number of hydrogen-bond donors (Lipinski definition) is 5. The quantitative estimate of drug-likeness (QED) is 0.521. The molecule has 5 N–H and O–H groups in total. The fourth-order valence-electron chi connectivity index (χ4n) is 1.34. The van der Waals surface area contributed by atoms with Gasteiger partial charge in [0.05, 0.1) is 0 Å². The Labute approximate surface area is 102 Å². The molecule has 0 atom stereocenters. The minimum Gasteiger partial charge on any atom is -0.504 e. The van der Waals surface area contributed by atoms with Gasteiger partial charge < -0.3 is 30.3 Å². The Morgan fingerprint density at radius 1 is 0.611 bits per heavy atom. The van der Waals surface area contributed by atoms with Gasteiger partial charge in [-0.05, 0) is 12.1 Å². The fourth-order valence-corrected chi connectivity index (χ4v) is 1.34. The fraction of sp³-hybridized carbons (Fsp3) is 0. The highest BCUT2D eigenvalue weighted by Crippen LogP contribution is 2.40. The molecule has 18 heavy (non-hydrogen) atoms. The number of hydrogen-bond acceptors (Lipinski definition) is 6. The molecule has 0 unspecified atom stereocenters. The summed E-state index contributed by atoms with van der Waals surface area (Å²) in [6.07, 6.45) is 0. The van der Waals surface area contributed by atoms with Gasteiger partial charge in [0.1, 0.15) is 11.5 Å². The smallest absolute Gasteiger partial charge is 0.200 e. The van der Waals surface area contributed by atoms with E-state index in [9.17, 15) is 15.3 Å². The summed E-state index contributed by atoms with van der Waals surface area (Å²) in [5.74, 6) is -2.11. The summed E-state index contributed by atoms with van der Waals surface area (Å²) < 4.78 is 5.23. The summed E-state index contributed by atoms with van der Waals surface area (Å²) >= 11 is 0. The van der Waals surface area contributed by atoms with Crippen LogP contribution in [-0.4, -0.2) is 25.5 Å². The molecule has 2 aromatic rings. The summed E-state index contributed by atoms with van der Waals surface area (Å²) in [7, 11) is 0. The number of rotatable bonds is 2. The van der Waals surface area contributed by atoms with Gasteiger partial charge in [-0.2, -0.15) is 0 Å². The zero-order valence-electron chi connectivity index (χ0n) is 9.03. The van der Waals surface area contributed by atoms with Crippen molar-refractivity contribution in [3.63, 3.8) is 0 Å². The van der Waals surface area contributed by atoms with Crippen LogP contribution in [0.2, 0.25) is 0 Å². The average Bonchev–Trinajstić information content (AvgIpc) is 2.31. The third-order valence-corrected chi connectivity index (χ3v) is 2.23. The van der Waals surface area contributed by atoms with Crippen molar-refractivity contribution in [1.29, 1.82) is 0 Å². The molecule has 94 valence electrons. The maximum absolute atomic E-state index is 9.28. The van der Waals surface area contributed by atoms with Gasteiger partial charge in [-0.15, -0.1) is 0 Å². The lowest BCUT2D eigenvalue weighted by atomic mass is 10.2. The van der Waals surface area contributed by atoms with Crippen LogP contribution >= 0.6 is 0 Å². The molecule has 0 saturated carbocycles. The Morgan fingerprint density at radius 3 is 1.72 bits per heavy atom. The summed E-state index contributed by atoms with van der Waals surface area (Å²) in [6.45, 7) is 0. The molecule has 0 radical (unpaired) electrons. The van der Waals surface area contributed by atoms with Crippen LogP contribution < -0.4 is 4.74 Å². The van der Waals surface area contributed by atoms with Crippen molar-refractivity contribution in [2.24, 2.45) is 0 Å². The van der Waals surface area contributed by atoms with Gasteiger partial charge in [0.2, 0.25) is 5.75 Å². The number of ether oxygens (including phenoxy) is 1. The van der Waals surface area contributed by atoms with E-state index in [0.717, 1.165) is 18.2 Å². The molecule has 0 fully saturated rings. The molecule has 0 saturated heterocycles. The third-order valence-electron chi connectivity index (χ3n) is 2.23. The zero-order chi connectivity index (χ0) is 13.3. The molecule has 0 heterocycles. The topological polar surface area (TPSA) is 110 Å². The lowest BCUT2D eigenvalue weighted by Crippen LogP contribution is -1.84. The van der Waals surface area contributed by atoms with Crippen molar-refractivity contribution in [2.75, 3.05) is 0 Å². The predicted molar refractivity (Wildman–Crippen MR) is 61.3 cm³/mol. The largest absolute Gasteiger partial charge is 0.504 e. The number of benzene rings is 2. The molecule has 0 aromatic heterocycles. The van der Waals surface area contributed by atoms with Crippen molar-refractivity contribution in [3.8, 4) is 40.2 Å². The first-order chi connectivity index (χ1) is 8.47. The highest BCUT2D eigenvalue weighted by Gasteiger charge is 2.10. The molecule has 0 amide bonds. The molecule has 6 heteroatoms. The minimum absolute atomic E-state index is 0.0629. The molecule has 2 aromatic carbocycles. The van der Waals surface area contributed by atoms with Crippen molar-refractivity contribution in [1.82, 2.24) is 0 Å². The van der Waals surface area contributed by atoms with E-state index in [1.807, 2.05) is 0 Å². The van der Waals surface area contributed by atoms with Gasteiger partial charge >= 0.3 is 0 Å². The summed E-state index contributed by atoms with van der Waals surface area (Å²) in [5, 5.41) is 46.1. The maximum Gasteiger partial charge on any atom is 0.200 e. The Morgan fingerprint density at radius 2 is 1.17 bits per heavy atom. The van der Waals surface area contributed by atoms with E-state index in [4.69, 9.17) is 14.9 Å². The van der Waals surface area contributed by atoms with Crippen LogP contribution in [-0.2, 0) is 0 Å². The van der Waals surface area contributed by atoms with E-state index in [-0.39, 0.29) is 23.0 Å². The van der Waals surface area contributed by atoms with Crippen LogP contribution in [0.5, 0.6) is 40.2 Å². The predicted octanol–water partition coefficient (Wildman–Crippen LogP) is 2.01. The van der Waals surface area contributed by atoms with Gasteiger partial charge in [-0.25, -0.2) is 0 Å². The Bertz CT molecular complexity index is 570. The van der Waals surface area contributed by atoms with E-state index in [1.165, 1.54) is 12.1 Å². The van der Waals surface area contributed by atoms with E-state index < -0.39 is 17.2 Å². The number of aromatic hydroxyl groups is 5. The molecule has 0 spiro atoms. The molecule has 0 aliphatic carbocycles. The van der Waals surface area contributed by atoms with Crippen LogP contribution in [0.1, 0.15) is 0 Å². The molecular weight excluding hydrogens is 240 g/mol. The molecule has 2 rings (SSSR count). The number of phenols is 5. The third kappa shape index (κ3) is 2.17. The van der Waals surface area contributed by atoms with Crippen LogP contribution in [0.25, 0.3) is 0 Å². The van der Waals surface area contributed by atoms with E-state index in [2.05, 4.69) is 0 Å². The van der Waals surface area contributed by atoms with Crippen molar-refractivity contribution < 1.29 is 30.3 Å². The Balaban J connectivity index is 2.31. The molecule has 0 aliphatic rings. The van der Waals surface area contributed by atoms with Gasteiger partial charge in [-0.3, -0.25) is 0 Å². The Hall–Kier alpha value is -2.76. The monoisotopic (exact) mass is 250 g/mol. The molecule has 6 nitrogen and oxygen atoms in total.